The molecule has 6 heteroatoms. The largest absolute Gasteiger partial charge is 0.340 e. The van der Waals surface area contributed by atoms with Crippen molar-refractivity contribution in [2.24, 2.45) is 5.92 Å². The second-order valence-electron chi connectivity index (χ2n) is 3.69. The summed E-state index contributed by atoms with van der Waals surface area (Å²) in [7, 11) is -3.16. The highest BCUT2D eigenvalue weighted by atomic mass is 32.2. The van der Waals surface area contributed by atoms with Crippen LogP contribution in [0.3, 0.4) is 0 Å². The maximum Gasteiger partial charge on any atom is 0.225 e. The molecule has 1 rings (SSSR count). The predicted octanol–water partition coefficient (Wildman–Crippen LogP) is -0.596. The molecule has 5 nitrogen and oxygen atoms in total. The molecule has 1 fully saturated rings. The Balaban J connectivity index is 2.63. The first kappa shape index (κ1) is 11.5. The van der Waals surface area contributed by atoms with Gasteiger partial charge in [-0.25, -0.2) is 13.1 Å². The van der Waals surface area contributed by atoms with E-state index in [0.29, 0.717) is 19.6 Å². The number of nitrogens with zero attached hydrogens (tertiary/aromatic N) is 1. The third-order valence-electron chi connectivity index (χ3n) is 2.14. The number of carbonyl (C=O) groups is 1. The Kier molecular flexibility index (Phi) is 3.49. The molecule has 1 saturated heterocycles. The first-order valence-corrected chi connectivity index (χ1v) is 6.34. The molecule has 0 spiro atoms. The van der Waals surface area contributed by atoms with Gasteiger partial charge < -0.3 is 4.90 Å². The van der Waals surface area contributed by atoms with Gasteiger partial charge in [-0.15, -0.1) is 0 Å². The van der Waals surface area contributed by atoms with Crippen LogP contribution in [0.15, 0.2) is 0 Å². The van der Waals surface area contributed by atoms with Crippen LogP contribution in [0, 0.1) is 5.92 Å². The first-order chi connectivity index (χ1) is 6.42. The summed E-state index contributed by atoms with van der Waals surface area (Å²) in [5.41, 5.74) is 0. The highest BCUT2D eigenvalue weighted by Crippen LogP contribution is 2.04. The third-order valence-corrected chi connectivity index (χ3v) is 3.50. The average molecular weight is 220 g/mol. The van der Waals surface area contributed by atoms with Crippen LogP contribution in [0.2, 0.25) is 0 Å². The van der Waals surface area contributed by atoms with Crippen LogP contribution in [-0.2, 0) is 14.8 Å². The zero-order chi connectivity index (χ0) is 10.8. The lowest BCUT2D eigenvalue weighted by molar-refractivity contribution is -0.134. The van der Waals surface area contributed by atoms with E-state index < -0.39 is 10.0 Å². The SMILES string of the molecule is CC(C)C(=O)N1CCNS(=O)(=O)CC1. The number of hydrogen-bond acceptors (Lipinski definition) is 3. The zero-order valence-corrected chi connectivity index (χ0v) is 9.30. The van der Waals surface area contributed by atoms with Gasteiger partial charge >= 0.3 is 0 Å². The first-order valence-electron chi connectivity index (χ1n) is 4.68. The van der Waals surface area contributed by atoms with Gasteiger partial charge in [0.25, 0.3) is 0 Å². The van der Waals surface area contributed by atoms with Crippen molar-refractivity contribution in [3.8, 4) is 0 Å². The van der Waals surface area contributed by atoms with Crippen molar-refractivity contribution in [2.75, 3.05) is 25.4 Å². The van der Waals surface area contributed by atoms with Gasteiger partial charge in [0.2, 0.25) is 15.9 Å². The van der Waals surface area contributed by atoms with Gasteiger partial charge in [-0.1, -0.05) is 13.8 Å². The van der Waals surface area contributed by atoms with Crippen molar-refractivity contribution in [1.82, 2.24) is 9.62 Å². The molecule has 0 atom stereocenters. The van der Waals surface area contributed by atoms with E-state index in [2.05, 4.69) is 4.72 Å². The average Bonchev–Trinajstić information content (AvgIpc) is 2.25. The molecule has 1 amide bonds. The summed E-state index contributed by atoms with van der Waals surface area (Å²) in [6, 6.07) is 0. The normalized spacial score (nSPS) is 22.1. The van der Waals surface area contributed by atoms with E-state index in [-0.39, 0.29) is 17.6 Å². The fourth-order valence-electron chi connectivity index (χ4n) is 1.34. The van der Waals surface area contributed by atoms with Crippen molar-refractivity contribution in [3.05, 3.63) is 0 Å². The third kappa shape index (κ3) is 2.95. The zero-order valence-electron chi connectivity index (χ0n) is 8.49. The highest BCUT2D eigenvalue weighted by Gasteiger charge is 2.23. The molecule has 1 heterocycles. The quantitative estimate of drug-likeness (QED) is 0.642. The molecule has 0 aromatic carbocycles. The number of sulfonamides is 1. The fraction of sp³-hybridized carbons (Fsp3) is 0.875. The molecule has 1 aliphatic rings. The maximum absolute atomic E-state index is 11.6. The molecule has 0 bridgehead atoms. The molecule has 82 valence electrons. The van der Waals surface area contributed by atoms with Crippen molar-refractivity contribution in [3.63, 3.8) is 0 Å². The second-order valence-corrected chi connectivity index (χ2v) is 5.62. The van der Waals surface area contributed by atoms with Crippen molar-refractivity contribution in [1.29, 1.82) is 0 Å². The summed E-state index contributed by atoms with van der Waals surface area (Å²) < 4.78 is 24.7. The minimum absolute atomic E-state index is 0.00542. The van der Waals surface area contributed by atoms with E-state index in [0.717, 1.165) is 0 Å². The molecular weight excluding hydrogens is 204 g/mol. The van der Waals surface area contributed by atoms with Crippen LogP contribution in [0.25, 0.3) is 0 Å². The van der Waals surface area contributed by atoms with Gasteiger partial charge in [0.1, 0.15) is 0 Å². The monoisotopic (exact) mass is 220 g/mol. The molecule has 14 heavy (non-hydrogen) atoms. The Morgan fingerprint density at radius 2 is 2.00 bits per heavy atom. The summed E-state index contributed by atoms with van der Waals surface area (Å²) in [4.78, 5) is 13.2. The van der Waals surface area contributed by atoms with E-state index in [1.807, 2.05) is 13.8 Å². The Labute approximate surface area is 84.5 Å². The highest BCUT2D eigenvalue weighted by molar-refractivity contribution is 7.89. The minimum atomic E-state index is -3.16. The standard InChI is InChI=1S/C8H16N2O3S/c1-7(2)8(11)10-4-3-9-14(12,13)6-5-10/h7,9H,3-6H2,1-2H3. The maximum atomic E-state index is 11.6. The van der Waals surface area contributed by atoms with Crippen LogP contribution >= 0.6 is 0 Å². The molecule has 0 aromatic heterocycles. The number of hydrogen-bond donors (Lipinski definition) is 1. The topological polar surface area (TPSA) is 66.5 Å². The molecule has 1 aliphatic heterocycles. The minimum Gasteiger partial charge on any atom is -0.340 e. The van der Waals surface area contributed by atoms with Crippen LogP contribution in [0.5, 0.6) is 0 Å². The van der Waals surface area contributed by atoms with Gasteiger partial charge in [-0.3, -0.25) is 4.79 Å². The summed E-state index contributed by atoms with van der Waals surface area (Å²) in [5, 5.41) is 0. The summed E-state index contributed by atoms with van der Waals surface area (Å²) in [6.07, 6.45) is 0. The van der Waals surface area contributed by atoms with E-state index in [9.17, 15) is 13.2 Å². The Bertz CT molecular complexity index is 311. The fourth-order valence-corrected chi connectivity index (χ4v) is 2.34. The van der Waals surface area contributed by atoms with Gasteiger partial charge in [-0.05, 0) is 0 Å². The van der Waals surface area contributed by atoms with E-state index in [4.69, 9.17) is 0 Å². The van der Waals surface area contributed by atoms with Gasteiger partial charge in [0.15, 0.2) is 0 Å². The van der Waals surface area contributed by atoms with Crippen LogP contribution in [0.1, 0.15) is 13.8 Å². The Morgan fingerprint density at radius 1 is 1.36 bits per heavy atom. The Hall–Kier alpha value is -0.620. The summed E-state index contributed by atoms with van der Waals surface area (Å²) in [5.74, 6) is -0.0504. The lowest BCUT2D eigenvalue weighted by atomic mass is 10.2. The lowest BCUT2D eigenvalue weighted by Crippen LogP contribution is -2.37. The number of nitrogens with one attached hydrogen (secondary N) is 1. The molecule has 1 N–H and O–H groups in total. The second kappa shape index (κ2) is 4.27. The van der Waals surface area contributed by atoms with Crippen LogP contribution < -0.4 is 4.72 Å². The molecule has 0 unspecified atom stereocenters. The lowest BCUT2D eigenvalue weighted by Gasteiger charge is -2.21. The molecule has 0 radical (unpaired) electrons. The number of rotatable bonds is 1. The van der Waals surface area contributed by atoms with Gasteiger partial charge in [0.05, 0.1) is 5.75 Å². The van der Waals surface area contributed by atoms with Crippen molar-refractivity contribution in [2.45, 2.75) is 13.8 Å². The molecule has 0 aromatic rings. The smallest absolute Gasteiger partial charge is 0.225 e. The van der Waals surface area contributed by atoms with Gasteiger partial charge in [-0.2, -0.15) is 0 Å². The van der Waals surface area contributed by atoms with E-state index >= 15 is 0 Å². The predicted molar refractivity (Wildman–Crippen MR) is 53.2 cm³/mol. The van der Waals surface area contributed by atoms with Crippen LogP contribution in [0.4, 0.5) is 0 Å². The molecule has 0 aliphatic carbocycles. The van der Waals surface area contributed by atoms with E-state index in [1.54, 1.807) is 4.90 Å². The van der Waals surface area contributed by atoms with Crippen molar-refractivity contribution >= 4 is 15.9 Å². The van der Waals surface area contributed by atoms with Crippen LogP contribution in [-0.4, -0.2) is 44.6 Å². The Morgan fingerprint density at radius 3 is 2.57 bits per heavy atom. The van der Waals surface area contributed by atoms with Gasteiger partial charge in [0, 0.05) is 25.6 Å². The number of carbonyl (C=O) groups excluding carboxylic acids is 1. The number of amides is 1. The molecular formula is C8H16N2O3S. The van der Waals surface area contributed by atoms with E-state index in [1.165, 1.54) is 0 Å². The van der Waals surface area contributed by atoms with Crippen molar-refractivity contribution < 1.29 is 13.2 Å². The summed E-state index contributed by atoms with van der Waals surface area (Å²) >= 11 is 0. The molecule has 0 saturated carbocycles. The summed E-state index contributed by atoms with van der Waals surface area (Å²) in [6.45, 7) is 4.72.